The molecular formula is C58H37NOS. The van der Waals surface area contributed by atoms with Crippen LogP contribution in [0.5, 0.6) is 0 Å². The van der Waals surface area contributed by atoms with E-state index in [1.807, 2.05) is 11.3 Å². The van der Waals surface area contributed by atoms with Crippen molar-refractivity contribution in [2.24, 2.45) is 0 Å². The van der Waals surface area contributed by atoms with Gasteiger partial charge in [0.15, 0.2) is 0 Å². The lowest BCUT2D eigenvalue weighted by Gasteiger charge is -2.27. The fourth-order valence-electron chi connectivity index (χ4n) is 9.11. The summed E-state index contributed by atoms with van der Waals surface area (Å²) in [4.78, 5) is 2.38. The van der Waals surface area contributed by atoms with Crippen LogP contribution in [-0.2, 0) is 0 Å². The van der Waals surface area contributed by atoms with Crippen molar-refractivity contribution in [1.29, 1.82) is 0 Å². The average molecular weight is 796 g/mol. The van der Waals surface area contributed by atoms with Gasteiger partial charge < -0.3 is 9.32 Å². The van der Waals surface area contributed by atoms with Gasteiger partial charge in [-0.3, -0.25) is 0 Å². The summed E-state index contributed by atoms with van der Waals surface area (Å²) in [6, 6.07) is 81.1. The Balaban J connectivity index is 0.997. The zero-order valence-electron chi connectivity index (χ0n) is 33.1. The average Bonchev–Trinajstić information content (AvgIpc) is 3.91. The molecule has 0 radical (unpaired) electrons. The molecule has 0 aliphatic heterocycles. The Morgan fingerprint density at radius 2 is 0.918 bits per heavy atom. The van der Waals surface area contributed by atoms with Crippen LogP contribution in [0.15, 0.2) is 229 Å². The molecule has 3 heteroatoms. The lowest BCUT2D eigenvalue weighted by molar-refractivity contribution is 0.672. The topological polar surface area (TPSA) is 16.4 Å². The van der Waals surface area contributed by atoms with Gasteiger partial charge in [-0.25, -0.2) is 0 Å². The van der Waals surface area contributed by atoms with Crippen molar-refractivity contribution in [2.75, 3.05) is 4.90 Å². The number of thiophene rings is 1. The molecule has 0 spiro atoms. The Morgan fingerprint density at radius 3 is 1.70 bits per heavy atom. The minimum Gasteiger partial charge on any atom is -0.455 e. The Morgan fingerprint density at radius 1 is 0.344 bits per heavy atom. The molecule has 0 aliphatic carbocycles. The van der Waals surface area contributed by atoms with Crippen LogP contribution in [0.3, 0.4) is 0 Å². The van der Waals surface area contributed by atoms with Gasteiger partial charge in [0.25, 0.3) is 0 Å². The minimum atomic E-state index is 0.865. The Kier molecular flexibility index (Phi) is 8.39. The van der Waals surface area contributed by atoms with Crippen LogP contribution >= 0.6 is 11.3 Å². The third kappa shape index (κ3) is 6.09. The fraction of sp³-hybridized carbons (Fsp3) is 0. The maximum absolute atomic E-state index is 6.71. The first-order chi connectivity index (χ1) is 30.2. The van der Waals surface area contributed by atoms with E-state index in [4.69, 9.17) is 4.42 Å². The van der Waals surface area contributed by atoms with Gasteiger partial charge >= 0.3 is 0 Å². The van der Waals surface area contributed by atoms with Crippen LogP contribution in [-0.4, -0.2) is 0 Å². The van der Waals surface area contributed by atoms with E-state index in [1.54, 1.807) is 0 Å². The number of furan rings is 1. The molecular weight excluding hydrogens is 759 g/mol. The molecule has 0 saturated carbocycles. The van der Waals surface area contributed by atoms with E-state index >= 15 is 0 Å². The summed E-state index contributed by atoms with van der Waals surface area (Å²) in [5.74, 6) is 0. The molecule has 2 nitrogen and oxygen atoms in total. The minimum absolute atomic E-state index is 0.865. The number of anilines is 3. The first-order valence-corrected chi connectivity index (χ1v) is 21.6. The SMILES string of the molecule is c1ccc(-c2ccc(-c3ccc(N(c4ccc(-c5ccc6c(c5)sc5ccccc56)cc4)c4cccc5oc6c7ccccc7ccc6c45)cc3)c(-c3ccccc3)c2)cc1. The largest absolute Gasteiger partial charge is 0.455 e. The second kappa shape index (κ2) is 14.5. The second-order valence-electron chi connectivity index (χ2n) is 15.6. The Bertz CT molecular complexity index is 3570. The van der Waals surface area contributed by atoms with Crippen molar-refractivity contribution in [3.8, 4) is 44.5 Å². The van der Waals surface area contributed by atoms with Gasteiger partial charge in [-0.2, -0.15) is 0 Å². The molecule has 2 aromatic heterocycles. The van der Waals surface area contributed by atoms with E-state index in [-0.39, 0.29) is 0 Å². The Labute approximate surface area is 357 Å². The van der Waals surface area contributed by atoms with Crippen LogP contribution in [0.2, 0.25) is 0 Å². The summed E-state index contributed by atoms with van der Waals surface area (Å²) in [5, 5.41) is 7.11. The molecule has 0 aliphatic rings. The molecule has 61 heavy (non-hydrogen) atoms. The number of benzene rings is 10. The van der Waals surface area contributed by atoms with Gasteiger partial charge in [-0.05, 0) is 111 Å². The van der Waals surface area contributed by atoms with E-state index < -0.39 is 0 Å². The summed E-state index contributed by atoms with van der Waals surface area (Å²) >= 11 is 1.86. The van der Waals surface area contributed by atoms with Crippen molar-refractivity contribution in [2.45, 2.75) is 0 Å². The molecule has 0 bridgehead atoms. The molecule has 12 aromatic rings. The molecule has 0 atom stereocenters. The quantitative estimate of drug-likeness (QED) is 0.160. The highest BCUT2D eigenvalue weighted by Gasteiger charge is 2.21. The van der Waals surface area contributed by atoms with Crippen molar-refractivity contribution >= 4 is 81.3 Å². The summed E-state index contributed by atoms with van der Waals surface area (Å²) in [6.45, 7) is 0. The number of fused-ring (bicyclic) bond motifs is 8. The summed E-state index contributed by atoms with van der Waals surface area (Å²) < 4.78 is 9.34. The highest BCUT2D eigenvalue weighted by molar-refractivity contribution is 7.25. The predicted molar refractivity (Wildman–Crippen MR) is 261 cm³/mol. The maximum atomic E-state index is 6.71. The summed E-state index contributed by atoms with van der Waals surface area (Å²) in [5.41, 5.74) is 14.5. The third-order valence-corrected chi connectivity index (χ3v) is 13.2. The van der Waals surface area contributed by atoms with Gasteiger partial charge in [-0.1, -0.05) is 164 Å². The molecule has 2 heterocycles. The van der Waals surface area contributed by atoms with Crippen molar-refractivity contribution in [3.05, 3.63) is 224 Å². The number of rotatable bonds is 7. The van der Waals surface area contributed by atoms with Gasteiger partial charge in [0, 0.05) is 42.3 Å². The van der Waals surface area contributed by atoms with Crippen molar-refractivity contribution in [3.63, 3.8) is 0 Å². The molecule has 12 rings (SSSR count). The normalized spacial score (nSPS) is 11.6. The number of nitrogens with zero attached hydrogens (tertiary/aromatic N) is 1. The number of hydrogen-bond acceptors (Lipinski definition) is 3. The van der Waals surface area contributed by atoms with Crippen LogP contribution in [0, 0.1) is 0 Å². The van der Waals surface area contributed by atoms with Gasteiger partial charge in [0.05, 0.1) is 11.1 Å². The molecule has 10 aromatic carbocycles. The van der Waals surface area contributed by atoms with Crippen LogP contribution in [0.1, 0.15) is 0 Å². The lowest BCUT2D eigenvalue weighted by atomic mass is 9.91. The highest BCUT2D eigenvalue weighted by Crippen LogP contribution is 2.46. The predicted octanol–water partition coefficient (Wildman–Crippen LogP) is 17.2. The standard InChI is InChI=1S/C58H37NOS/c1-3-12-38(13-4-1)43-27-33-47(52(36-43)40-14-5-2-6-15-40)42-24-31-46(32-25-42)59(53-19-11-20-54-57(53)51-35-26-41-16-7-8-17-48(41)58(51)60-54)45-29-22-39(23-30-45)44-28-34-50-49-18-9-10-21-55(49)61-56(50)37-44/h1-37H. The molecule has 0 N–H and O–H groups in total. The first-order valence-electron chi connectivity index (χ1n) is 20.7. The van der Waals surface area contributed by atoms with E-state index in [1.165, 1.54) is 64.5 Å². The van der Waals surface area contributed by atoms with Gasteiger partial charge in [-0.15, -0.1) is 11.3 Å². The van der Waals surface area contributed by atoms with E-state index in [0.29, 0.717) is 0 Å². The summed E-state index contributed by atoms with van der Waals surface area (Å²) in [6.07, 6.45) is 0. The molecule has 0 amide bonds. The smallest absolute Gasteiger partial charge is 0.143 e. The molecule has 0 fully saturated rings. The molecule has 0 unspecified atom stereocenters. The zero-order chi connectivity index (χ0) is 40.3. The zero-order valence-corrected chi connectivity index (χ0v) is 33.9. The molecule has 286 valence electrons. The van der Waals surface area contributed by atoms with Crippen LogP contribution in [0.4, 0.5) is 17.1 Å². The van der Waals surface area contributed by atoms with E-state index in [9.17, 15) is 0 Å². The highest BCUT2D eigenvalue weighted by atomic mass is 32.1. The van der Waals surface area contributed by atoms with Gasteiger partial charge in [0.1, 0.15) is 11.2 Å². The van der Waals surface area contributed by atoms with Crippen molar-refractivity contribution < 1.29 is 4.42 Å². The van der Waals surface area contributed by atoms with Gasteiger partial charge in [0.2, 0.25) is 0 Å². The second-order valence-corrected chi connectivity index (χ2v) is 16.7. The monoisotopic (exact) mass is 795 g/mol. The number of hydrogen-bond donors (Lipinski definition) is 0. The van der Waals surface area contributed by atoms with Crippen LogP contribution < -0.4 is 4.90 Å². The fourth-order valence-corrected chi connectivity index (χ4v) is 10.3. The first kappa shape index (κ1) is 35.2. The lowest BCUT2D eigenvalue weighted by Crippen LogP contribution is -2.10. The summed E-state index contributed by atoms with van der Waals surface area (Å²) in [7, 11) is 0. The Hall–Kier alpha value is -7.72. The third-order valence-electron chi connectivity index (χ3n) is 12.1. The van der Waals surface area contributed by atoms with Crippen LogP contribution in [0.25, 0.3) is 97.4 Å². The van der Waals surface area contributed by atoms with E-state index in [2.05, 4.69) is 229 Å². The van der Waals surface area contributed by atoms with E-state index in [0.717, 1.165) is 50.0 Å². The maximum Gasteiger partial charge on any atom is 0.143 e. The van der Waals surface area contributed by atoms with Crippen molar-refractivity contribution in [1.82, 2.24) is 0 Å². The molecule has 0 saturated heterocycles.